The fraction of sp³-hybridized carbons (Fsp3) is 0.481. The highest BCUT2D eigenvalue weighted by Crippen LogP contribution is 2.26. The van der Waals surface area contributed by atoms with Crippen LogP contribution in [0, 0.1) is 10.8 Å². The third kappa shape index (κ3) is 8.18. The normalized spacial score (nSPS) is 13.1. The van der Waals surface area contributed by atoms with Crippen molar-refractivity contribution < 1.29 is 19.0 Å². The molecule has 0 spiro atoms. The number of hydrogen-bond acceptors (Lipinski definition) is 6. The number of benzene rings is 1. The number of nitrogens with one attached hydrogen (secondary N) is 1. The number of fused-ring (bicyclic) bond motifs is 1. The number of ether oxygens (including phenoxy) is 2. The van der Waals surface area contributed by atoms with E-state index < -0.39 is 12.8 Å². The average Bonchev–Trinajstić information content (AvgIpc) is 2.85. The van der Waals surface area contributed by atoms with Gasteiger partial charge in [-0.2, -0.15) is 0 Å². The third-order valence-corrected chi connectivity index (χ3v) is 5.63. The third-order valence-electron chi connectivity index (χ3n) is 5.63. The van der Waals surface area contributed by atoms with Crippen LogP contribution in [-0.4, -0.2) is 62.1 Å². The van der Waals surface area contributed by atoms with E-state index in [1.54, 1.807) is 12.3 Å². The molecule has 1 atom stereocenters. The number of rotatable bonds is 13. The Balaban J connectivity index is 1.58. The van der Waals surface area contributed by atoms with Crippen molar-refractivity contribution in [2.75, 3.05) is 38.4 Å². The largest absolute Gasteiger partial charge is 0.491 e. The lowest BCUT2D eigenvalue weighted by atomic mass is 9.80. The molecule has 2 aromatic heterocycles. The van der Waals surface area contributed by atoms with Crippen LogP contribution < -0.4 is 10.1 Å². The van der Waals surface area contributed by atoms with Crippen molar-refractivity contribution in [1.82, 2.24) is 9.97 Å². The summed E-state index contributed by atoms with van der Waals surface area (Å²) >= 11 is 0. The van der Waals surface area contributed by atoms with Crippen LogP contribution in [0.1, 0.15) is 27.7 Å². The number of aliphatic hydroxyl groups excluding tert-OH is 1. The molecule has 6 nitrogen and oxygen atoms in total. The van der Waals surface area contributed by atoms with Crippen LogP contribution in [0.25, 0.3) is 22.2 Å². The summed E-state index contributed by atoms with van der Waals surface area (Å²) in [5.74, 6) is 1.36. The predicted octanol–water partition coefficient (Wildman–Crippen LogP) is 5.07. The highest BCUT2D eigenvalue weighted by Gasteiger charge is 2.21. The Morgan fingerprint density at radius 2 is 1.83 bits per heavy atom. The topological polar surface area (TPSA) is 76.5 Å². The molecule has 0 aliphatic rings. The maximum Gasteiger partial charge on any atom is 0.125 e. The molecule has 0 fully saturated rings. The first-order chi connectivity index (χ1) is 16.6. The lowest BCUT2D eigenvalue weighted by Crippen LogP contribution is -2.31. The van der Waals surface area contributed by atoms with Crippen LogP contribution in [-0.2, 0) is 4.74 Å². The van der Waals surface area contributed by atoms with Crippen LogP contribution in [0.2, 0.25) is 6.32 Å². The summed E-state index contributed by atoms with van der Waals surface area (Å²) in [6.07, 6.45) is 1.28. The van der Waals surface area contributed by atoms with Gasteiger partial charge in [-0.15, -0.1) is 0 Å². The number of alkyl halides is 1. The van der Waals surface area contributed by atoms with E-state index in [4.69, 9.17) is 22.3 Å². The fourth-order valence-electron chi connectivity index (χ4n) is 3.28. The number of pyridine rings is 2. The van der Waals surface area contributed by atoms with Gasteiger partial charge in [-0.05, 0) is 41.8 Å². The van der Waals surface area contributed by atoms with Crippen molar-refractivity contribution in [3.05, 3.63) is 48.7 Å². The van der Waals surface area contributed by atoms with Gasteiger partial charge < -0.3 is 19.9 Å². The SMILES string of the molecule is [B]CC(C)(C)COCC(C)(C)CNc1ccc(-c2ccc3cc(OCC(O)CF)ccc3n2)cn1. The van der Waals surface area contributed by atoms with Crippen molar-refractivity contribution >= 4 is 24.6 Å². The molecular formula is C27H35BFN3O3. The van der Waals surface area contributed by atoms with Crippen molar-refractivity contribution in [3.63, 3.8) is 0 Å². The maximum atomic E-state index is 12.4. The van der Waals surface area contributed by atoms with Crippen molar-refractivity contribution in [3.8, 4) is 17.0 Å². The summed E-state index contributed by atoms with van der Waals surface area (Å²) < 4.78 is 23.7. The molecular weight excluding hydrogens is 444 g/mol. The maximum absolute atomic E-state index is 12.4. The minimum atomic E-state index is -1.12. The Kier molecular flexibility index (Phi) is 9.08. The molecule has 0 aliphatic carbocycles. The molecule has 2 radical (unpaired) electrons. The fourth-order valence-corrected chi connectivity index (χ4v) is 3.28. The first kappa shape index (κ1) is 26.9. The first-order valence-electron chi connectivity index (χ1n) is 11.9. The van der Waals surface area contributed by atoms with Gasteiger partial charge in [0.05, 0.1) is 32.3 Å². The molecule has 0 saturated heterocycles. The van der Waals surface area contributed by atoms with Gasteiger partial charge in [-0.3, -0.25) is 0 Å². The van der Waals surface area contributed by atoms with E-state index in [-0.39, 0.29) is 17.4 Å². The van der Waals surface area contributed by atoms with Crippen molar-refractivity contribution in [2.24, 2.45) is 10.8 Å². The van der Waals surface area contributed by atoms with Crippen LogP contribution >= 0.6 is 0 Å². The molecule has 8 heteroatoms. The molecule has 3 aromatic rings. The average molecular weight is 479 g/mol. The molecule has 0 amide bonds. The molecule has 0 aliphatic heterocycles. The second-order valence-electron chi connectivity index (χ2n) is 10.5. The number of aromatic nitrogens is 2. The Bertz CT molecular complexity index is 1090. The van der Waals surface area contributed by atoms with Gasteiger partial charge in [0.25, 0.3) is 0 Å². The summed E-state index contributed by atoms with van der Waals surface area (Å²) in [5.41, 5.74) is 2.46. The van der Waals surface area contributed by atoms with E-state index in [1.165, 1.54) is 0 Å². The van der Waals surface area contributed by atoms with Crippen LogP contribution in [0.15, 0.2) is 48.7 Å². The first-order valence-corrected chi connectivity index (χ1v) is 11.9. The second kappa shape index (κ2) is 11.8. The Hall–Kier alpha value is -2.71. The van der Waals surface area contributed by atoms with Gasteiger partial charge in [-0.25, -0.2) is 14.4 Å². The van der Waals surface area contributed by atoms with Gasteiger partial charge in [0.15, 0.2) is 0 Å². The molecule has 2 N–H and O–H groups in total. The number of nitrogens with zero attached hydrogens (tertiary/aromatic N) is 2. The van der Waals surface area contributed by atoms with Gasteiger partial charge in [-0.1, -0.05) is 40.1 Å². The smallest absolute Gasteiger partial charge is 0.125 e. The minimum Gasteiger partial charge on any atom is -0.491 e. The number of anilines is 1. The molecule has 2 heterocycles. The highest BCUT2D eigenvalue weighted by atomic mass is 19.1. The molecule has 0 saturated carbocycles. The summed E-state index contributed by atoms with van der Waals surface area (Å²) in [6.45, 7) is 9.58. The summed E-state index contributed by atoms with van der Waals surface area (Å²) in [4.78, 5) is 9.27. The van der Waals surface area contributed by atoms with E-state index in [2.05, 4.69) is 38.0 Å². The molecule has 1 aromatic carbocycles. The monoisotopic (exact) mass is 479 g/mol. The van der Waals surface area contributed by atoms with Gasteiger partial charge in [0, 0.05) is 29.1 Å². The Labute approximate surface area is 208 Å². The lowest BCUT2D eigenvalue weighted by molar-refractivity contribution is 0.0258. The van der Waals surface area contributed by atoms with Crippen LogP contribution in [0.4, 0.5) is 10.2 Å². The predicted molar refractivity (Wildman–Crippen MR) is 140 cm³/mol. The van der Waals surface area contributed by atoms with E-state index in [1.807, 2.05) is 36.4 Å². The Morgan fingerprint density at radius 3 is 2.51 bits per heavy atom. The van der Waals surface area contributed by atoms with E-state index in [0.717, 1.165) is 34.5 Å². The quantitative estimate of drug-likeness (QED) is 0.333. The van der Waals surface area contributed by atoms with Crippen LogP contribution in [0.3, 0.4) is 0 Å². The highest BCUT2D eigenvalue weighted by molar-refractivity contribution is 6.08. The Morgan fingerprint density at radius 1 is 1.06 bits per heavy atom. The van der Waals surface area contributed by atoms with E-state index in [9.17, 15) is 9.50 Å². The van der Waals surface area contributed by atoms with Gasteiger partial charge in [0.2, 0.25) is 0 Å². The molecule has 186 valence electrons. The molecule has 3 rings (SSSR count). The molecule has 35 heavy (non-hydrogen) atoms. The summed E-state index contributed by atoms with van der Waals surface area (Å²) in [5, 5.41) is 13.6. The number of halogens is 1. The number of aliphatic hydroxyl groups is 1. The molecule has 1 unspecified atom stereocenters. The van der Waals surface area contributed by atoms with E-state index in [0.29, 0.717) is 25.3 Å². The van der Waals surface area contributed by atoms with Crippen molar-refractivity contribution in [2.45, 2.75) is 40.1 Å². The number of hydrogen-bond donors (Lipinski definition) is 2. The van der Waals surface area contributed by atoms with Gasteiger partial charge in [0.1, 0.15) is 31.0 Å². The minimum absolute atomic E-state index is 0.0204. The zero-order chi connectivity index (χ0) is 25.5. The van der Waals surface area contributed by atoms with Crippen LogP contribution in [0.5, 0.6) is 5.75 Å². The van der Waals surface area contributed by atoms with Crippen molar-refractivity contribution in [1.29, 1.82) is 0 Å². The molecule has 0 bridgehead atoms. The second-order valence-corrected chi connectivity index (χ2v) is 10.5. The summed E-state index contributed by atoms with van der Waals surface area (Å²) in [7, 11) is 5.77. The van der Waals surface area contributed by atoms with Gasteiger partial charge >= 0.3 is 0 Å². The standard InChI is InChI=1S/C27H35BFN3O3/c1-26(2,15-28)17-34-18-27(3,4)16-31-25-10-6-20(13-30-25)24-8-5-19-11-22(7-9-23(19)32-24)35-14-21(33)12-29/h5-11,13,21,33H,12,14-18H2,1-4H3,(H,30,31). The summed E-state index contributed by atoms with van der Waals surface area (Å²) in [6, 6.07) is 13.3. The lowest BCUT2D eigenvalue weighted by Gasteiger charge is -2.29. The zero-order valence-electron chi connectivity index (χ0n) is 21.1. The van der Waals surface area contributed by atoms with E-state index >= 15 is 0 Å². The zero-order valence-corrected chi connectivity index (χ0v) is 21.1.